The van der Waals surface area contributed by atoms with Crippen molar-refractivity contribution in [1.82, 2.24) is 9.97 Å². The van der Waals surface area contributed by atoms with Gasteiger partial charge in [0.25, 0.3) is 0 Å². The van der Waals surface area contributed by atoms with Gasteiger partial charge in [-0.15, -0.1) is 0 Å². The first-order valence-electron chi connectivity index (χ1n) is 6.31. The van der Waals surface area contributed by atoms with Crippen molar-refractivity contribution in [3.05, 3.63) is 6.33 Å². The van der Waals surface area contributed by atoms with Crippen molar-refractivity contribution in [2.24, 2.45) is 0 Å². The van der Waals surface area contributed by atoms with Crippen LogP contribution in [0.1, 0.15) is 32.6 Å². The monoisotopic (exact) mass is 236 g/mol. The Morgan fingerprint density at radius 3 is 2.59 bits per heavy atom. The molecule has 0 saturated carbocycles. The molecule has 0 aliphatic carbocycles. The van der Waals surface area contributed by atoms with Crippen LogP contribution in [0.25, 0.3) is 0 Å². The molecular weight excluding hydrogens is 216 g/mol. The number of nitrogens with two attached hydrogens (primary N) is 1. The van der Waals surface area contributed by atoms with E-state index in [1.54, 1.807) is 0 Å². The molecule has 0 amide bonds. The number of aromatic nitrogens is 2. The van der Waals surface area contributed by atoms with Crippen molar-refractivity contribution in [3.63, 3.8) is 0 Å². The van der Waals surface area contributed by atoms with Crippen molar-refractivity contribution in [3.8, 4) is 5.88 Å². The van der Waals surface area contributed by atoms with E-state index in [9.17, 15) is 0 Å². The number of anilines is 2. The molecule has 17 heavy (non-hydrogen) atoms. The normalized spacial score (nSPS) is 16.6. The van der Waals surface area contributed by atoms with Gasteiger partial charge in [0, 0.05) is 13.1 Å². The molecule has 0 unspecified atom stereocenters. The molecule has 5 nitrogen and oxygen atoms in total. The molecular formula is C12H20N4O. The molecule has 1 aromatic heterocycles. The highest BCUT2D eigenvalue weighted by Crippen LogP contribution is 2.29. The van der Waals surface area contributed by atoms with Gasteiger partial charge in [-0.2, -0.15) is 4.98 Å². The van der Waals surface area contributed by atoms with Crippen molar-refractivity contribution < 1.29 is 4.74 Å². The van der Waals surface area contributed by atoms with E-state index < -0.39 is 0 Å². The van der Waals surface area contributed by atoms with Crippen molar-refractivity contribution in [2.45, 2.75) is 32.6 Å². The van der Waals surface area contributed by atoms with Crippen LogP contribution in [0.15, 0.2) is 6.33 Å². The van der Waals surface area contributed by atoms with Crippen LogP contribution in [-0.4, -0.2) is 29.7 Å². The van der Waals surface area contributed by atoms with Crippen LogP contribution in [0.3, 0.4) is 0 Å². The summed E-state index contributed by atoms with van der Waals surface area (Å²) in [4.78, 5) is 10.6. The summed E-state index contributed by atoms with van der Waals surface area (Å²) < 4.78 is 5.40. The summed E-state index contributed by atoms with van der Waals surface area (Å²) in [7, 11) is 0. The van der Waals surface area contributed by atoms with Gasteiger partial charge in [-0.05, 0) is 19.8 Å². The Bertz CT molecular complexity index is 362. The topological polar surface area (TPSA) is 64.3 Å². The van der Waals surface area contributed by atoms with E-state index in [1.165, 1.54) is 32.0 Å². The highest BCUT2D eigenvalue weighted by atomic mass is 16.5. The Morgan fingerprint density at radius 1 is 1.24 bits per heavy atom. The molecule has 1 aliphatic rings. The SMILES string of the molecule is CCOc1ncnc(N2CCCCCC2)c1N. The molecule has 0 atom stereocenters. The molecule has 0 radical (unpaired) electrons. The van der Waals surface area contributed by atoms with E-state index in [0.29, 0.717) is 18.2 Å². The maximum atomic E-state index is 6.06. The lowest BCUT2D eigenvalue weighted by molar-refractivity contribution is 0.328. The first-order chi connectivity index (χ1) is 8.33. The zero-order valence-electron chi connectivity index (χ0n) is 10.4. The third-order valence-corrected chi connectivity index (χ3v) is 3.01. The summed E-state index contributed by atoms with van der Waals surface area (Å²) in [5.41, 5.74) is 6.63. The maximum Gasteiger partial charge on any atom is 0.242 e. The number of rotatable bonds is 3. The molecule has 1 aliphatic heterocycles. The molecule has 1 saturated heterocycles. The van der Waals surface area contributed by atoms with E-state index >= 15 is 0 Å². The van der Waals surface area contributed by atoms with E-state index in [0.717, 1.165) is 18.9 Å². The third-order valence-electron chi connectivity index (χ3n) is 3.01. The van der Waals surface area contributed by atoms with Crippen LogP contribution < -0.4 is 15.4 Å². The minimum Gasteiger partial charge on any atom is -0.476 e. The lowest BCUT2D eigenvalue weighted by Gasteiger charge is -2.23. The van der Waals surface area contributed by atoms with Gasteiger partial charge in [0.1, 0.15) is 12.0 Å². The van der Waals surface area contributed by atoms with Crippen LogP contribution in [-0.2, 0) is 0 Å². The van der Waals surface area contributed by atoms with Crippen LogP contribution >= 0.6 is 0 Å². The van der Waals surface area contributed by atoms with Gasteiger partial charge >= 0.3 is 0 Å². The third kappa shape index (κ3) is 2.78. The Kier molecular flexibility index (Phi) is 4.01. The van der Waals surface area contributed by atoms with Crippen LogP contribution in [0.5, 0.6) is 5.88 Å². The molecule has 1 fully saturated rings. The van der Waals surface area contributed by atoms with Gasteiger partial charge in [0.05, 0.1) is 6.61 Å². The molecule has 0 bridgehead atoms. The second-order valence-electron chi connectivity index (χ2n) is 4.25. The summed E-state index contributed by atoms with van der Waals surface area (Å²) in [6, 6.07) is 0. The fourth-order valence-electron chi connectivity index (χ4n) is 2.16. The quantitative estimate of drug-likeness (QED) is 0.867. The molecule has 2 N–H and O–H groups in total. The molecule has 1 aromatic rings. The van der Waals surface area contributed by atoms with Crippen LogP contribution in [0, 0.1) is 0 Å². The molecule has 0 spiro atoms. The lowest BCUT2D eigenvalue weighted by Crippen LogP contribution is -2.26. The Balaban J connectivity index is 2.21. The van der Waals surface area contributed by atoms with Crippen molar-refractivity contribution in [2.75, 3.05) is 30.3 Å². The highest BCUT2D eigenvalue weighted by molar-refractivity contribution is 5.67. The Labute approximate surface area is 102 Å². The summed E-state index contributed by atoms with van der Waals surface area (Å²) in [5, 5.41) is 0. The maximum absolute atomic E-state index is 6.06. The van der Waals surface area contributed by atoms with E-state index in [2.05, 4.69) is 14.9 Å². The largest absolute Gasteiger partial charge is 0.476 e. The van der Waals surface area contributed by atoms with E-state index in [1.807, 2.05) is 6.92 Å². The number of nitrogens with zero attached hydrogens (tertiary/aromatic N) is 3. The van der Waals surface area contributed by atoms with Crippen LogP contribution in [0.4, 0.5) is 11.5 Å². The zero-order chi connectivity index (χ0) is 12.1. The number of hydrogen-bond acceptors (Lipinski definition) is 5. The van der Waals surface area contributed by atoms with Gasteiger partial charge in [-0.1, -0.05) is 12.8 Å². The second kappa shape index (κ2) is 5.70. The first-order valence-corrected chi connectivity index (χ1v) is 6.31. The number of ether oxygens (including phenoxy) is 1. The van der Waals surface area contributed by atoms with Gasteiger partial charge in [-0.25, -0.2) is 4.98 Å². The number of nitrogen functional groups attached to an aromatic ring is 1. The fourth-order valence-corrected chi connectivity index (χ4v) is 2.16. The molecule has 0 aromatic carbocycles. The van der Waals surface area contributed by atoms with Gasteiger partial charge in [0.15, 0.2) is 5.82 Å². The average Bonchev–Trinajstić information content (AvgIpc) is 2.61. The Morgan fingerprint density at radius 2 is 1.94 bits per heavy atom. The molecule has 2 rings (SSSR count). The minimum atomic E-state index is 0.502. The molecule has 94 valence electrons. The fraction of sp³-hybridized carbons (Fsp3) is 0.667. The van der Waals surface area contributed by atoms with E-state index in [-0.39, 0.29) is 0 Å². The van der Waals surface area contributed by atoms with Gasteiger partial charge < -0.3 is 15.4 Å². The predicted octanol–water partition coefficient (Wildman–Crippen LogP) is 1.84. The highest BCUT2D eigenvalue weighted by Gasteiger charge is 2.16. The smallest absolute Gasteiger partial charge is 0.242 e. The Hall–Kier alpha value is -1.52. The number of hydrogen-bond donors (Lipinski definition) is 1. The first kappa shape index (κ1) is 12.0. The summed E-state index contributed by atoms with van der Waals surface area (Å²) in [6.07, 6.45) is 6.52. The molecule has 5 heteroatoms. The van der Waals surface area contributed by atoms with Crippen molar-refractivity contribution in [1.29, 1.82) is 0 Å². The summed E-state index contributed by atoms with van der Waals surface area (Å²) in [5.74, 6) is 1.33. The standard InChI is InChI=1S/C12H20N4O/c1-2-17-12-10(13)11(14-9-15-12)16-7-5-3-4-6-8-16/h9H,2-8,13H2,1H3. The molecule has 2 heterocycles. The second-order valence-corrected chi connectivity index (χ2v) is 4.25. The predicted molar refractivity (Wildman–Crippen MR) is 68.3 cm³/mol. The zero-order valence-corrected chi connectivity index (χ0v) is 10.4. The minimum absolute atomic E-state index is 0.502. The summed E-state index contributed by atoms with van der Waals surface area (Å²) >= 11 is 0. The summed E-state index contributed by atoms with van der Waals surface area (Å²) in [6.45, 7) is 4.54. The van der Waals surface area contributed by atoms with Crippen LogP contribution in [0.2, 0.25) is 0 Å². The lowest BCUT2D eigenvalue weighted by atomic mass is 10.2. The average molecular weight is 236 g/mol. The van der Waals surface area contributed by atoms with Crippen molar-refractivity contribution >= 4 is 11.5 Å². The van der Waals surface area contributed by atoms with Gasteiger partial charge in [-0.3, -0.25) is 0 Å². The van der Waals surface area contributed by atoms with E-state index in [4.69, 9.17) is 10.5 Å². The van der Waals surface area contributed by atoms with Gasteiger partial charge in [0.2, 0.25) is 5.88 Å².